The van der Waals surface area contributed by atoms with E-state index in [1.807, 2.05) is 30.3 Å². The molecule has 0 amide bonds. The van der Waals surface area contributed by atoms with E-state index >= 15 is 0 Å². The van der Waals surface area contributed by atoms with Crippen LogP contribution in [-0.4, -0.2) is 19.9 Å². The number of unbranched alkanes of at least 4 members (excludes halogenated alkanes) is 2. The largest absolute Gasteiger partial charge is 0.427 e. The molecule has 1 aromatic carbocycles. The summed E-state index contributed by atoms with van der Waals surface area (Å²) in [6, 6.07) is 9.88. The van der Waals surface area contributed by atoms with Crippen LogP contribution in [0.1, 0.15) is 32.0 Å². The molecule has 0 bridgehead atoms. The summed E-state index contributed by atoms with van der Waals surface area (Å²) in [5.41, 5.74) is 3.73. The summed E-state index contributed by atoms with van der Waals surface area (Å²) in [5, 5.41) is 10.3. The lowest BCUT2D eigenvalue weighted by Crippen LogP contribution is -1.99. The molecule has 0 radical (unpaired) electrons. The minimum absolute atomic E-state index is 0.741. The SMILES string of the molecule is CCCCCc1nc2ccc(-c3ccncc3)cc2n1O. The van der Waals surface area contributed by atoms with Gasteiger partial charge in [0, 0.05) is 18.8 Å². The third-order valence-electron chi connectivity index (χ3n) is 3.72. The maximum atomic E-state index is 10.3. The molecule has 0 aliphatic heterocycles. The molecule has 4 heteroatoms. The fourth-order valence-electron chi connectivity index (χ4n) is 2.53. The molecule has 0 spiro atoms. The van der Waals surface area contributed by atoms with Crippen molar-refractivity contribution in [1.82, 2.24) is 14.7 Å². The van der Waals surface area contributed by atoms with Crippen LogP contribution >= 0.6 is 0 Å². The van der Waals surface area contributed by atoms with Gasteiger partial charge < -0.3 is 5.21 Å². The van der Waals surface area contributed by atoms with E-state index in [4.69, 9.17) is 0 Å². The van der Waals surface area contributed by atoms with Crippen molar-refractivity contribution < 1.29 is 5.21 Å². The van der Waals surface area contributed by atoms with Crippen LogP contribution < -0.4 is 0 Å². The van der Waals surface area contributed by atoms with E-state index in [1.54, 1.807) is 12.4 Å². The number of imidazole rings is 1. The Hall–Kier alpha value is -2.36. The van der Waals surface area contributed by atoms with Crippen molar-refractivity contribution in [2.75, 3.05) is 0 Å². The van der Waals surface area contributed by atoms with Crippen molar-refractivity contribution in [2.24, 2.45) is 0 Å². The highest BCUT2D eigenvalue weighted by atomic mass is 16.5. The molecule has 2 aromatic heterocycles. The summed E-state index contributed by atoms with van der Waals surface area (Å²) < 4.78 is 1.23. The molecule has 4 nitrogen and oxygen atoms in total. The van der Waals surface area contributed by atoms with E-state index in [0.29, 0.717) is 0 Å². The van der Waals surface area contributed by atoms with Gasteiger partial charge in [0.1, 0.15) is 11.3 Å². The highest BCUT2D eigenvalue weighted by molar-refractivity contribution is 5.82. The minimum atomic E-state index is 0.741. The predicted octanol–water partition coefficient (Wildman–Crippen LogP) is 4.07. The first-order chi connectivity index (χ1) is 10.3. The third-order valence-corrected chi connectivity index (χ3v) is 3.72. The Balaban J connectivity index is 1.96. The van der Waals surface area contributed by atoms with Gasteiger partial charge in [0.2, 0.25) is 0 Å². The van der Waals surface area contributed by atoms with Gasteiger partial charge in [-0.2, -0.15) is 4.73 Å². The van der Waals surface area contributed by atoms with Gasteiger partial charge in [0.25, 0.3) is 0 Å². The van der Waals surface area contributed by atoms with Crippen LogP contribution in [0.15, 0.2) is 42.7 Å². The second-order valence-corrected chi connectivity index (χ2v) is 5.24. The van der Waals surface area contributed by atoms with Gasteiger partial charge in [0.05, 0.1) is 5.52 Å². The summed E-state index contributed by atoms with van der Waals surface area (Å²) in [5.74, 6) is 0.741. The number of nitrogens with zero attached hydrogens (tertiary/aromatic N) is 3. The molecule has 0 aliphatic carbocycles. The molecule has 1 N–H and O–H groups in total. The number of hydrogen-bond donors (Lipinski definition) is 1. The lowest BCUT2D eigenvalue weighted by molar-refractivity contribution is 0.187. The Labute approximate surface area is 124 Å². The molecule has 0 saturated carbocycles. The molecule has 0 aliphatic rings. The van der Waals surface area contributed by atoms with E-state index in [-0.39, 0.29) is 0 Å². The summed E-state index contributed by atoms with van der Waals surface area (Å²) in [4.78, 5) is 8.55. The first-order valence-electron chi connectivity index (χ1n) is 7.40. The molecule has 0 fully saturated rings. The van der Waals surface area contributed by atoms with E-state index in [0.717, 1.165) is 53.7 Å². The van der Waals surface area contributed by atoms with Crippen molar-refractivity contribution in [2.45, 2.75) is 32.6 Å². The summed E-state index contributed by atoms with van der Waals surface area (Å²) in [6.45, 7) is 2.17. The quantitative estimate of drug-likeness (QED) is 0.566. The third kappa shape index (κ3) is 2.75. The maximum absolute atomic E-state index is 10.3. The minimum Gasteiger partial charge on any atom is -0.427 e. The Kier molecular flexibility index (Phi) is 3.86. The molecule has 21 heavy (non-hydrogen) atoms. The molecule has 2 heterocycles. The first-order valence-corrected chi connectivity index (χ1v) is 7.40. The zero-order valence-electron chi connectivity index (χ0n) is 12.2. The van der Waals surface area contributed by atoms with Crippen LogP contribution in [0.25, 0.3) is 22.2 Å². The standard InChI is InChI=1S/C17H19N3O/c1-2-3-4-5-17-19-15-7-6-14(12-16(15)20(17)21)13-8-10-18-11-9-13/h6-12,21H,2-5H2,1H3. The molecular weight excluding hydrogens is 262 g/mol. The lowest BCUT2D eigenvalue weighted by Gasteiger charge is -2.02. The molecule has 3 rings (SSSR count). The van der Waals surface area contributed by atoms with Crippen LogP contribution in [0.4, 0.5) is 0 Å². The highest BCUT2D eigenvalue weighted by Gasteiger charge is 2.10. The Bertz CT molecular complexity index is 734. The van der Waals surface area contributed by atoms with Gasteiger partial charge >= 0.3 is 0 Å². The fourth-order valence-corrected chi connectivity index (χ4v) is 2.53. The summed E-state index contributed by atoms with van der Waals surface area (Å²) in [7, 11) is 0. The van der Waals surface area contributed by atoms with Crippen LogP contribution in [0.3, 0.4) is 0 Å². The zero-order chi connectivity index (χ0) is 14.7. The lowest BCUT2D eigenvalue weighted by atomic mass is 10.1. The Morgan fingerprint density at radius 1 is 1.05 bits per heavy atom. The highest BCUT2D eigenvalue weighted by Crippen LogP contribution is 2.24. The van der Waals surface area contributed by atoms with E-state index < -0.39 is 0 Å². The number of hydrogen-bond acceptors (Lipinski definition) is 3. The van der Waals surface area contributed by atoms with Crippen LogP contribution in [0.2, 0.25) is 0 Å². The smallest absolute Gasteiger partial charge is 0.145 e. The Morgan fingerprint density at radius 2 is 1.86 bits per heavy atom. The van der Waals surface area contributed by atoms with Gasteiger partial charge in [-0.1, -0.05) is 25.8 Å². The topological polar surface area (TPSA) is 50.9 Å². The summed E-state index contributed by atoms with van der Waals surface area (Å²) in [6.07, 6.45) is 7.72. The number of fused-ring (bicyclic) bond motifs is 1. The second kappa shape index (κ2) is 5.95. The predicted molar refractivity (Wildman–Crippen MR) is 83.4 cm³/mol. The van der Waals surface area contributed by atoms with Crippen molar-refractivity contribution in [3.63, 3.8) is 0 Å². The molecule has 3 aromatic rings. The van der Waals surface area contributed by atoms with Crippen molar-refractivity contribution in [1.29, 1.82) is 0 Å². The average molecular weight is 281 g/mol. The van der Waals surface area contributed by atoms with Crippen LogP contribution in [0, 0.1) is 0 Å². The van der Waals surface area contributed by atoms with E-state index in [9.17, 15) is 5.21 Å². The second-order valence-electron chi connectivity index (χ2n) is 5.24. The molecule has 0 saturated heterocycles. The van der Waals surface area contributed by atoms with E-state index in [2.05, 4.69) is 16.9 Å². The monoisotopic (exact) mass is 281 g/mol. The normalized spacial score (nSPS) is 11.1. The van der Waals surface area contributed by atoms with Gasteiger partial charge in [-0.05, 0) is 41.8 Å². The van der Waals surface area contributed by atoms with Gasteiger partial charge in [-0.25, -0.2) is 4.98 Å². The zero-order valence-corrected chi connectivity index (χ0v) is 12.2. The van der Waals surface area contributed by atoms with Crippen molar-refractivity contribution >= 4 is 11.0 Å². The van der Waals surface area contributed by atoms with Crippen LogP contribution in [0.5, 0.6) is 0 Å². The van der Waals surface area contributed by atoms with Gasteiger partial charge in [-0.3, -0.25) is 4.98 Å². The Morgan fingerprint density at radius 3 is 2.62 bits per heavy atom. The molecule has 0 unspecified atom stereocenters. The maximum Gasteiger partial charge on any atom is 0.145 e. The molecular formula is C17H19N3O. The summed E-state index contributed by atoms with van der Waals surface area (Å²) >= 11 is 0. The van der Waals surface area contributed by atoms with Crippen molar-refractivity contribution in [3.8, 4) is 11.1 Å². The van der Waals surface area contributed by atoms with Crippen LogP contribution in [-0.2, 0) is 6.42 Å². The number of benzene rings is 1. The number of rotatable bonds is 5. The van der Waals surface area contributed by atoms with E-state index in [1.165, 1.54) is 4.73 Å². The molecule has 0 atom stereocenters. The fraction of sp³-hybridized carbons (Fsp3) is 0.294. The average Bonchev–Trinajstić information content (AvgIpc) is 2.85. The first kappa shape index (κ1) is 13.6. The number of pyridine rings is 1. The number of aryl methyl sites for hydroxylation is 1. The molecule has 108 valence electrons. The van der Waals surface area contributed by atoms with Gasteiger partial charge in [-0.15, -0.1) is 0 Å². The number of aromatic nitrogens is 3. The van der Waals surface area contributed by atoms with Crippen molar-refractivity contribution in [3.05, 3.63) is 48.5 Å². The van der Waals surface area contributed by atoms with Gasteiger partial charge in [0.15, 0.2) is 0 Å².